The summed E-state index contributed by atoms with van der Waals surface area (Å²) in [5.41, 5.74) is 2.92. The lowest BCUT2D eigenvalue weighted by atomic mass is 10.1. The highest BCUT2D eigenvalue weighted by molar-refractivity contribution is 7.15. The molecule has 3 rings (SSSR count). The second-order valence-electron chi connectivity index (χ2n) is 4.47. The molecule has 0 N–H and O–H groups in total. The molecule has 4 heteroatoms. The first kappa shape index (κ1) is 10.7. The fourth-order valence-corrected chi connectivity index (χ4v) is 3.20. The van der Waals surface area contributed by atoms with Crippen molar-refractivity contribution in [2.45, 2.75) is 25.8 Å². The Bertz CT molecular complexity index is 535. The normalized spacial score (nSPS) is 18.1. The van der Waals surface area contributed by atoms with Crippen molar-refractivity contribution in [3.8, 4) is 0 Å². The fraction of sp³-hybridized carbons (Fsp3) is 0.385. The molecular weight excluding hydrogens is 230 g/mol. The van der Waals surface area contributed by atoms with Gasteiger partial charge < -0.3 is 4.90 Å². The summed E-state index contributed by atoms with van der Waals surface area (Å²) < 4.78 is 0. The lowest BCUT2D eigenvalue weighted by Gasteiger charge is -2.24. The van der Waals surface area contributed by atoms with Gasteiger partial charge in [-0.25, -0.2) is 0 Å². The second kappa shape index (κ2) is 4.11. The third-order valence-corrected chi connectivity index (χ3v) is 4.32. The third kappa shape index (κ3) is 1.82. The van der Waals surface area contributed by atoms with E-state index < -0.39 is 0 Å². The Balaban J connectivity index is 1.92. The fourth-order valence-electron chi connectivity index (χ4n) is 2.50. The van der Waals surface area contributed by atoms with Gasteiger partial charge in [0.25, 0.3) is 0 Å². The largest absolute Gasteiger partial charge is 0.343 e. The molecule has 88 valence electrons. The molecule has 1 aromatic heterocycles. The molecule has 0 fully saturated rings. The zero-order valence-electron chi connectivity index (χ0n) is 10.1. The van der Waals surface area contributed by atoms with Crippen LogP contribution < -0.4 is 4.90 Å². The SMILES string of the molecule is Cc1nnc(N(C)C2CCc3ccccc32)s1. The van der Waals surface area contributed by atoms with Gasteiger partial charge in [-0.2, -0.15) is 0 Å². The first-order valence-corrected chi connectivity index (χ1v) is 6.68. The van der Waals surface area contributed by atoms with Crippen molar-refractivity contribution in [3.05, 3.63) is 40.4 Å². The summed E-state index contributed by atoms with van der Waals surface area (Å²) in [4.78, 5) is 2.26. The number of benzene rings is 1. The molecule has 0 aliphatic heterocycles. The summed E-state index contributed by atoms with van der Waals surface area (Å²) in [6.45, 7) is 2.00. The van der Waals surface area contributed by atoms with E-state index in [9.17, 15) is 0 Å². The van der Waals surface area contributed by atoms with E-state index in [0.717, 1.165) is 10.1 Å². The summed E-state index contributed by atoms with van der Waals surface area (Å²) in [7, 11) is 2.12. The van der Waals surface area contributed by atoms with E-state index in [4.69, 9.17) is 0 Å². The van der Waals surface area contributed by atoms with Gasteiger partial charge in [0, 0.05) is 7.05 Å². The summed E-state index contributed by atoms with van der Waals surface area (Å²) in [6, 6.07) is 9.16. The Hall–Kier alpha value is -1.42. The highest BCUT2D eigenvalue weighted by Gasteiger charge is 2.27. The number of hydrogen-bond acceptors (Lipinski definition) is 4. The Morgan fingerprint density at radius 2 is 2.12 bits per heavy atom. The van der Waals surface area contributed by atoms with Gasteiger partial charge in [0.15, 0.2) is 0 Å². The van der Waals surface area contributed by atoms with Gasteiger partial charge in [-0.1, -0.05) is 35.6 Å². The maximum absolute atomic E-state index is 4.23. The Morgan fingerprint density at radius 3 is 2.88 bits per heavy atom. The lowest BCUT2D eigenvalue weighted by molar-refractivity contribution is 0.657. The van der Waals surface area contributed by atoms with Gasteiger partial charge in [-0.3, -0.25) is 0 Å². The molecule has 17 heavy (non-hydrogen) atoms. The highest BCUT2D eigenvalue weighted by atomic mass is 32.1. The van der Waals surface area contributed by atoms with Crippen molar-refractivity contribution in [2.75, 3.05) is 11.9 Å². The quantitative estimate of drug-likeness (QED) is 0.814. The van der Waals surface area contributed by atoms with Gasteiger partial charge in [0.05, 0.1) is 6.04 Å². The molecule has 1 heterocycles. The van der Waals surface area contributed by atoms with Crippen molar-refractivity contribution in [2.24, 2.45) is 0 Å². The van der Waals surface area contributed by atoms with Crippen molar-refractivity contribution in [1.82, 2.24) is 10.2 Å². The van der Waals surface area contributed by atoms with E-state index in [-0.39, 0.29) is 0 Å². The van der Waals surface area contributed by atoms with Gasteiger partial charge in [0.2, 0.25) is 5.13 Å². The summed E-state index contributed by atoms with van der Waals surface area (Å²) in [6.07, 6.45) is 2.34. The van der Waals surface area contributed by atoms with Crippen molar-refractivity contribution >= 4 is 16.5 Å². The minimum absolute atomic E-state index is 0.457. The average Bonchev–Trinajstić information content (AvgIpc) is 2.94. The number of aromatic nitrogens is 2. The molecule has 1 aliphatic carbocycles. The van der Waals surface area contributed by atoms with Crippen LogP contribution in [0.25, 0.3) is 0 Å². The molecule has 1 unspecified atom stereocenters. The molecule has 1 aliphatic rings. The molecule has 1 aromatic carbocycles. The third-order valence-electron chi connectivity index (χ3n) is 3.39. The maximum atomic E-state index is 4.23. The van der Waals surface area contributed by atoms with Crippen LogP contribution in [0.1, 0.15) is 28.6 Å². The summed E-state index contributed by atoms with van der Waals surface area (Å²) >= 11 is 1.66. The van der Waals surface area contributed by atoms with Crippen molar-refractivity contribution < 1.29 is 0 Å². The van der Waals surface area contributed by atoms with E-state index >= 15 is 0 Å². The number of aryl methyl sites for hydroxylation is 2. The van der Waals surface area contributed by atoms with Crippen LogP contribution in [-0.4, -0.2) is 17.2 Å². The molecule has 0 radical (unpaired) electrons. The molecule has 0 saturated heterocycles. The van der Waals surface area contributed by atoms with E-state index in [1.807, 2.05) is 6.92 Å². The Labute approximate surface area is 105 Å². The molecule has 0 amide bonds. The number of rotatable bonds is 2. The first-order valence-electron chi connectivity index (χ1n) is 5.86. The first-order chi connectivity index (χ1) is 8.25. The number of anilines is 1. The Kier molecular flexibility index (Phi) is 2.59. The van der Waals surface area contributed by atoms with Gasteiger partial charge in [0.1, 0.15) is 5.01 Å². The summed E-state index contributed by atoms with van der Waals surface area (Å²) in [5, 5.41) is 10.4. The number of fused-ring (bicyclic) bond motifs is 1. The molecule has 3 nitrogen and oxygen atoms in total. The average molecular weight is 245 g/mol. The standard InChI is InChI=1S/C13H15N3S/c1-9-14-15-13(17-9)16(2)12-8-7-10-5-3-4-6-11(10)12/h3-6,12H,7-8H2,1-2H3. The van der Waals surface area contributed by atoms with Crippen molar-refractivity contribution in [1.29, 1.82) is 0 Å². The minimum Gasteiger partial charge on any atom is -0.343 e. The van der Waals surface area contributed by atoms with Gasteiger partial charge >= 0.3 is 0 Å². The van der Waals surface area contributed by atoms with Crippen LogP contribution in [0.2, 0.25) is 0 Å². The molecule has 2 aromatic rings. The van der Waals surface area contributed by atoms with Gasteiger partial charge in [-0.15, -0.1) is 10.2 Å². The minimum atomic E-state index is 0.457. The molecular formula is C13H15N3S. The van der Waals surface area contributed by atoms with Crippen LogP contribution in [0.3, 0.4) is 0 Å². The van der Waals surface area contributed by atoms with Crippen LogP contribution in [0.15, 0.2) is 24.3 Å². The molecule has 1 atom stereocenters. The Morgan fingerprint density at radius 1 is 1.29 bits per heavy atom. The van der Waals surface area contributed by atoms with Crippen LogP contribution in [0, 0.1) is 6.92 Å². The maximum Gasteiger partial charge on any atom is 0.208 e. The van der Waals surface area contributed by atoms with Gasteiger partial charge in [-0.05, 0) is 30.9 Å². The van der Waals surface area contributed by atoms with Crippen molar-refractivity contribution in [3.63, 3.8) is 0 Å². The van der Waals surface area contributed by atoms with E-state index in [1.54, 1.807) is 11.3 Å². The lowest BCUT2D eigenvalue weighted by Crippen LogP contribution is -2.21. The number of nitrogens with zero attached hydrogens (tertiary/aromatic N) is 3. The smallest absolute Gasteiger partial charge is 0.208 e. The molecule has 0 saturated carbocycles. The van der Waals surface area contributed by atoms with Crippen LogP contribution in [-0.2, 0) is 6.42 Å². The topological polar surface area (TPSA) is 29.0 Å². The highest BCUT2D eigenvalue weighted by Crippen LogP contribution is 2.37. The van der Waals surface area contributed by atoms with E-state index in [1.165, 1.54) is 24.0 Å². The van der Waals surface area contributed by atoms with E-state index in [2.05, 4.69) is 46.4 Å². The second-order valence-corrected chi connectivity index (χ2v) is 5.63. The zero-order valence-corrected chi connectivity index (χ0v) is 10.9. The molecule has 0 bridgehead atoms. The predicted octanol–water partition coefficient (Wildman–Crippen LogP) is 2.97. The van der Waals surface area contributed by atoms with Crippen LogP contribution >= 0.6 is 11.3 Å². The van der Waals surface area contributed by atoms with Crippen LogP contribution in [0.4, 0.5) is 5.13 Å². The predicted molar refractivity (Wildman–Crippen MR) is 70.6 cm³/mol. The zero-order chi connectivity index (χ0) is 11.8. The summed E-state index contributed by atoms with van der Waals surface area (Å²) in [5.74, 6) is 0. The van der Waals surface area contributed by atoms with Crippen LogP contribution in [0.5, 0.6) is 0 Å². The molecule has 0 spiro atoms. The monoisotopic (exact) mass is 245 g/mol. The van der Waals surface area contributed by atoms with E-state index in [0.29, 0.717) is 6.04 Å². The number of hydrogen-bond donors (Lipinski definition) is 0.